The minimum atomic E-state index is -0.214. The summed E-state index contributed by atoms with van der Waals surface area (Å²) in [6.07, 6.45) is 3.40. The third-order valence-corrected chi connectivity index (χ3v) is 5.49. The van der Waals surface area contributed by atoms with Crippen LogP contribution in [0.25, 0.3) is 10.6 Å². The molecule has 4 aromatic rings. The van der Waals surface area contributed by atoms with E-state index in [9.17, 15) is 4.79 Å². The number of para-hydroxylation sites is 1. The molecule has 0 unspecified atom stereocenters. The Balaban J connectivity index is 1.45. The summed E-state index contributed by atoms with van der Waals surface area (Å²) in [7, 11) is 0. The number of halogens is 1. The third kappa shape index (κ3) is 5.03. The van der Waals surface area contributed by atoms with Crippen LogP contribution in [0, 0.1) is 0 Å². The number of carbonyl (C=O) groups excluding carboxylic acids is 1. The molecule has 0 aliphatic rings. The van der Waals surface area contributed by atoms with Crippen LogP contribution in [0.15, 0.2) is 78.4 Å². The predicted molar refractivity (Wildman–Crippen MR) is 119 cm³/mol. The van der Waals surface area contributed by atoms with Crippen molar-refractivity contribution in [2.24, 2.45) is 0 Å². The number of rotatable bonds is 7. The van der Waals surface area contributed by atoms with Crippen molar-refractivity contribution >= 4 is 28.8 Å². The molecule has 0 atom stereocenters. The van der Waals surface area contributed by atoms with Crippen molar-refractivity contribution in [2.75, 3.05) is 0 Å². The van der Waals surface area contributed by atoms with Crippen molar-refractivity contribution < 1.29 is 9.53 Å². The summed E-state index contributed by atoms with van der Waals surface area (Å²) < 4.78 is 6.01. The first-order chi connectivity index (χ1) is 14.7. The van der Waals surface area contributed by atoms with Crippen LogP contribution >= 0.6 is 22.9 Å². The normalized spacial score (nSPS) is 10.6. The summed E-state index contributed by atoms with van der Waals surface area (Å²) in [5.74, 6) is 0.499. The van der Waals surface area contributed by atoms with Crippen molar-refractivity contribution in [3.63, 3.8) is 0 Å². The first-order valence-electron chi connectivity index (χ1n) is 9.28. The van der Waals surface area contributed by atoms with Crippen LogP contribution in [0.1, 0.15) is 21.6 Å². The minimum Gasteiger partial charge on any atom is -0.488 e. The second kappa shape index (κ2) is 9.52. The first-order valence-corrected chi connectivity index (χ1v) is 10.5. The van der Waals surface area contributed by atoms with Crippen molar-refractivity contribution in [3.8, 4) is 16.3 Å². The highest BCUT2D eigenvalue weighted by molar-refractivity contribution is 7.13. The van der Waals surface area contributed by atoms with Gasteiger partial charge in [-0.05, 0) is 47.5 Å². The SMILES string of the molecule is O=C(NCc1ccncc1)c1csc(-c2ccccc2OCc2ccc(Cl)cc2)n1. The molecule has 4 rings (SSSR count). The average Bonchev–Trinajstić information content (AvgIpc) is 3.28. The van der Waals surface area contributed by atoms with Gasteiger partial charge < -0.3 is 10.1 Å². The fraction of sp³-hybridized carbons (Fsp3) is 0.0870. The van der Waals surface area contributed by atoms with Crippen LogP contribution < -0.4 is 10.1 Å². The second-order valence-electron chi connectivity index (χ2n) is 6.49. The molecular formula is C23H18ClN3O2S. The van der Waals surface area contributed by atoms with E-state index in [1.165, 1.54) is 11.3 Å². The van der Waals surface area contributed by atoms with Crippen molar-refractivity contribution in [1.29, 1.82) is 0 Å². The Kier molecular flexibility index (Phi) is 6.37. The Bertz CT molecular complexity index is 1130. The zero-order valence-electron chi connectivity index (χ0n) is 15.9. The molecular weight excluding hydrogens is 418 g/mol. The van der Waals surface area contributed by atoms with E-state index >= 15 is 0 Å². The lowest BCUT2D eigenvalue weighted by molar-refractivity contribution is 0.0946. The average molecular weight is 436 g/mol. The molecule has 0 spiro atoms. The smallest absolute Gasteiger partial charge is 0.271 e. The summed E-state index contributed by atoms with van der Waals surface area (Å²) in [6.45, 7) is 0.841. The molecule has 0 aliphatic carbocycles. The third-order valence-electron chi connectivity index (χ3n) is 4.36. The standard InChI is InChI=1S/C23H18ClN3O2S/c24-18-7-5-17(6-8-18)14-29-21-4-2-1-3-19(21)23-27-20(15-30-23)22(28)26-13-16-9-11-25-12-10-16/h1-12,15H,13-14H2,(H,26,28). The first kappa shape index (κ1) is 20.1. The van der Waals surface area contributed by atoms with Gasteiger partial charge in [0.2, 0.25) is 0 Å². The van der Waals surface area contributed by atoms with Crippen LogP contribution in [-0.4, -0.2) is 15.9 Å². The molecule has 2 heterocycles. The van der Waals surface area contributed by atoms with Gasteiger partial charge in [-0.3, -0.25) is 9.78 Å². The number of nitrogens with zero attached hydrogens (tertiary/aromatic N) is 2. The molecule has 7 heteroatoms. The van der Waals surface area contributed by atoms with Gasteiger partial charge in [-0.15, -0.1) is 11.3 Å². The molecule has 2 aromatic heterocycles. The molecule has 0 radical (unpaired) electrons. The zero-order valence-corrected chi connectivity index (χ0v) is 17.5. The zero-order chi connectivity index (χ0) is 20.8. The quantitative estimate of drug-likeness (QED) is 0.424. The number of nitrogens with one attached hydrogen (secondary N) is 1. The molecule has 1 N–H and O–H groups in total. The van der Waals surface area contributed by atoms with E-state index in [0.717, 1.165) is 21.7 Å². The van der Waals surface area contributed by atoms with Gasteiger partial charge >= 0.3 is 0 Å². The van der Waals surface area contributed by atoms with Gasteiger partial charge in [0.15, 0.2) is 0 Å². The maximum absolute atomic E-state index is 12.5. The molecule has 0 aliphatic heterocycles. The number of benzene rings is 2. The highest BCUT2D eigenvalue weighted by Gasteiger charge is 2.14. The van der Waals surface area contributed by atoms with E-state index in [-0.39, 0.29) is 5.91 Å². The second-order valence-corrected chi connectivity index (χ2v) is 7.78. The van der Waals surface area contributed by atoms with E-state index < -0.39 is 0 Å². The van der Waals surface area contributed by atoms with Gasteiger partial charge in [0, 0.05) is 29.3 Å². The maximum Gasteiger partial charge on any atom is 0.271 e. The molecule has 0 bridgehead atoms. The lowest BCUT2D eigenvalue weighted by Gasteiger charge is -2.10. The fourth-order valence-electron chi connectivity index (χ4n) is 2.79. The summed E-state index contributed by atoms with van der Waals surface area (Å²) >= 11 is 7.35. The summed E-state index contributed by atoms with van der Waals surface area (Å²) in [6, 6.07) is 18.9. The predicted octanol–water partition coefficient (Wildman–Crippen LogP) is 5.37. The Hall–Kier alpha value is -3.22. The molecule has 0 fully saturated rings. The molecule has 1 amide bonds. The topological polar surface area (TPSA) is 64.1 Å². The van der Waals surface area contributed by atoms with Crippen LogP contribution in [0.2, 0.25) is 5.02 Å². The van der Waals surface area contributed by atoms with E-state index in [2.05, 4.69) is 15.3 Å². The Morgan fingerprint density at radius 2 is 1.77 bits per heavy atom. The number of amides is 1. The van der Waals surface area contributed by atoms with Gasteiger partial charge in [-0.2, -0.15) is 0 Å². The van der Waals surface area contributed by atoms with Crippen LogP contribution in [0.3, 0.4) is 0 Å². The van der Waals surface area contributed by atoms with Gasteiger partial charge in [0.1, 0.15) is 23.1 Å². The van der Waals surface area contributed by atoms with Gasteiger partial charge in [0.25, 0.3) is 5.91 Å². The Labute approximate surface area is 183 Å². The number of thiazole rings is 1. The minimum absolute atomic E-state index is 0.214. The Morgan fingerprint density at radius 1 is 1.00 bits per heavy atom. The number of hydrogen-bond acceptors (Lipinski definition) is 5. The Morgan fingerprint density at radius 3 is 2.57 bits per heavy atom. The summed E-state index contributed by atoms with van der Waals surface area (Å²) in [5, 5.41) is 6.06. The highest BCUT2D eigenvalue weighted by Crippen LogP contribution is 2.32. The van der Waals surface area contributed by atoms with Gasteiger partial charge in [-0.25, -0.2) is 4.98 Å². The number of ether oxygens (including phenoxy) is 1. The van der Waals surface area contributed by atoms with Crippen molar-refractivity contribution in [3.05, 3.63) is 100 Å². The van der Waals surface area contributed by atoms with Crippen LogP contribution in [-0.2, 0) is 13.2 Å². The molecule has 150 valence electrons. The van der Waals surface area contributed by atoms with Crippen LogP contribution in [0.4, 0.5) is 0 Å². The van der Waals surface area contributed by atoms with E-state index in [0.29, 0.717) is 29.6 Å². The van der Waals surface area contributed by atoms with Gasteiger partial charge in [0.05, 0.1) is 5.56 Å². The number of hydrogen-bond donors (Lipinski definition) is 1. The number of carbonyl (C=O) groups is 1. The number of pyridine rings is 1. The molecule has 0 saturated carbocycles. The monoisotopic (exact) mass is 435 g/mol. The number of aromatic nitrogens is 2. The molecule has 5 nitrogen and oxygen atoms in total. The largest absolute Gasteiger partial charge is 0.488 e. The summed E-state index contributed by atoms with van der Waals surface area (Å²) in [4.78, 5) is 21.0. The highest BCUT2D eigenvalue weighted by atomic mass is 35.5. The van der Waals surface area contributed by atoms with Crippen LogP contribution in [0.5, 0.6) is 5.75 Å². The summed E-state index contributed by atoms with van der Waals surface area (Å²) in [5.41, 5.74) is 3.24. The lowest BCUT2D eigenvalue weighted by Crippen LogP contribution is -2.23. The maximum atomic E-state index is 12.5. The lowest BCUT2D eigenvalue weighted by atomic mass is 10.2. The van der Waals surface area contributed by atoms with Crippen molar-refractivity contribution in [1.82, 2.24) is 15.3 Å². The fourth-order valence-corrected chi connectivity index (χ4v) is 3.74. The van der Waals surface area contributed by atoms with Crippen molar-refractivity contribution in [2.45, 2.75) is 13.2 Å². The molecule has 30 heavy (non-hydrogen) atoms. The van der Waals surface area contributed by atoms with E-state index in [1.807, 2.05) is 60.7 Å². The molecule has 2 aromatic carbocycles. The van der Waals surface area contributed by atoms with E-state index in [1.54, 1.807) is 17.8 Å². The molecule has 0 saturated heterocycles. The van der Waals surface area contributed by atoms with E-state index in [4.69, 9.17) is 16.3 Å². The van der Waals surface area contributed by atoms with Gasteiger partial charge in [-0.1, -0.05) is 35.9 Å².